The van der Waals surface area contributed by atoms with Gasteiger partial charge in [-0.05, 0) is 37.1 Å². The summed E-state index contributed by atoms with van der Waals surface area (Å²) < 4.78 is 6.95. The maximum atomic E-state index is 12.7. The molecule has 0 aliphatic heterocycles. The van der Waals surface area contributed by atoms with E-state index in [0.717, 1.165) is 22.7 Å². The first kappa shape index (κ1) is 26.5. The molecule has 2 heterocycles. The number of thiophene rings is 1. The van der Waals surface area contributed by atoms with Gasteiger partial charge in [-0.2, -0.15) is 0 Å². The third-order valence-electron chi connectivity index (χ3n) is 4.82. The fourth-order valence-electron chi connectivity index (χ4n) is 3.23. The number of hydrogen-bond donors (Lipinski definition) is 2. The van der Waals surface area contributed by atoms with Gasteiger partial charge in [0.15, 0.2) is 5.16 Å². The second-order valence-corrected chi connectivity index (χ2v) is 9.68. The van der Waals surface area contributed by atoms with E-state index >= 15 is 0 Å². The van der Waals surface area contributed by atoms with Crippen LogP contribution in [0, 0.1) is 6.92 Å². The topological polar surface area (TPSA) is 129 Å². The van der Waals surface area contributed by atoms with E-state index in [9.17, 15) is 14.4 Å². The Balaban J connectivity index is 1.74. The van der Waals surface area contributed by atoms with Gasteiger partial charge in [-0.25, -0.2) is 4.79 Å². The Kier molecular flexibility index (Phi) is 9.07. The van der Waals surface area contributed by atoms with Crippen molar-refractivity contribution >= 4 is 57.5 Å². The predicted octanol–water partition coefficient (Wildman–Crippen LogP) is 4.08. The van der Waals surface area contributed by atoms with Gasteiger partial charge < -0.3 is 20.4 Å². The van der Waals surface area contributed by atoms with Crippen molar-refractivity contribution in [2.75, 3.05) is 17.7 Å². The van der Waals surface area contributed by atoms with Crippen molar-refractivity contribution in [3.63, 3.8) is 0 Å². The SMILES string of the molecule is C=CCn1c(Cc2ccc(Cl)cc2)nnc1SCC(=O)Nc1sc(C(N)=O)c(C)c1C(=O)OCC. The molecular formula is C23H24ClN5O4S2. The summed E-state index contributed by atoms with van der Waals surface area (Å²) in [6.45, 7) is 7.68. The molecule has 3 aromatic rings. The van der Waals surface area contributed by atoms with Gasteiger partial charge in [0.1, 0.15) is 10.8 Å². The summed E-state index contributed by atoms with van der Waals surface area (Å²) in [5.74, 6) is -0.973. The number of anilines is 1. The molecule has 0 aliphatic carbocycles. The second kappa shape index (κ2) is 12.0. The first-order chi connectivity index (χ1) is 16.7. The average molecular weight is 534 g/mol. The van der Waals surface area contributed by atoms with Crippen LogP contribution in [-0.2, 0) is 22.5 Å². The zero-order valence-corrected chi connectivity index (χ0v) is 21.6. The quantitative estimate of drug-likeness (QED) is 0.216. The molecule has 3 rings (SSSR count). The van der Waals surface area contributed by atoms with Gasteiger partial charge in [-0.1, -0.05) is 41.6 Å². The van der Waals surface area contributed by atoms with Crippen LogP contribution >= 0.6 is 34.7 Å². The molecule has 0 unspecified atom stereocenters. The summed E-state index contributed by atoms with van der Waals surface area (Å²) in [5.41, 5.74) is 6.94. The van der Waals surface area contributed by atoms with Gasteiger partial charge >= 0.3 is 5.97 Å². The Morgan fingerprint density at radius 3 is 2.63 bits per heavy atom. The number of primary amides is 1. The molecule has 2 amide bonds. The lowest BCUT2D eigenvalue weighted by atomic mass is 10.1. The number of esters is 1. The lowest BCUT2D eigenvalue weighted by molar-refractivity contribution is -0.113. The van der Waals surface area contributed by atoms with E-state index in [1.165, 1.54) is 11.8 Å². The molecule has 9 nitrogen and oxygen atoms in total. The van der Waals surface area contributed by atoms with Crippen LogP contribution in [0.5, 0.6) is 0 Å². The highest BCUT2D eigenvalue weighted by atomic mass is 35.5. The number of amides is 2. The number of ether oxygens (including phenoxy) is 1. The van der Waals surface area contributed by atoms with Gasteiger partial charge in [0.2, 0.25) is 5.91 Å². The van der Waals surface area contributed by atoms with E-state index in [0.29, 0.717) is 28.7 Å². The molecule has 0 saturated carbocycles. The number of carbonyl (C=O) groups excluding carboxylic acids is 3. The average Bonchev–Trinajstić information content (AvgIpc) is 3.34. The van der Waals surface area contributed by atoms with E-state index in [1.54, 1.807) is 19.9 Å². The summed E-state index contributed by atoms with van der Waals surface area (Å²) in [6.07, 6.45) is 2.27. The number of aromatic nitrogens is 3. The minimum atomic E-state index is -0.682. The number of allylic oxidation sites excluding steroid dienone is 1. The Labute approximate surface area is 215 Å². The highest BCUT2D eigenvalue weighted by Gasteiger charge is 2.26. The molecule has 0 saturated heterocycles. The smallest absolute Gasteiger partial charge is 0.341 e. The van der Waals surface area contributed by atoms with Crippen LogP contribution in [0.3, 0.4) is 0 Å². The zero-order valence-electron chi connectivity index (χ0n) is 19.2. The summed E-state index contributed by atoms with van der Waals surface area (Å²) >= 11 is 8.10. The first-order valence-electron chi connectivity index (χ1n) is 10.6. The first-order valence-corrected chi connectivity index (χ1v) is 12.7. The maximum Gasteiger partial charge on any atom is 0.341 e. The van der Waals surface area contributed by atoms with Crippen molar-refractivity contribution in [3.05, 3.63) is 69.3 Å². The van der Waals surface area contributed by atoms with Crippen LogP contribution in [-0.4, -0.2) is 44.9 Å². The van der Waals surface area contributed by atoms with Crippen LogP contribution in [0.2, 0.25) is 5.02 Å². The molecule has 1 aromatic carbocycles. The van der Waals surface area contributed by atoms with Crippen molar-refractivity contribution in [1.29, 1.82) is 0 Å². The van der Waals surface area contributed by atoms with E-state index in [2.05, 4.69) is 22.1 Å². The number of nitrogens with one attached hydrogen (secondary N) is 1. The van der Waals surface area contributed by atoms with Crippen molar-refractivity contribution in [2.45, 2.75) is 32.0 Å². The lowest BCUT2D eigenvalue weighted by Crippen LogP contribution is -2.17. The van der Waals surface area contributed by atoms with Crippen LogP contribution in [0.15, 0.2) is 42.1 Å². The van der Waals surface area contributed by atoms with Crippen LogP contribution in [0.4, 0.5) is 5.00 Å². The van der Waals surface area contributed by atoms with Gasteiger partial charge in [-0.15, -0.1) is 28.1 Å². The Hall–Kier alpha value is -3.15. The van der Waals surface area contributed by atoms with Crippen LogP contribution in [0.25, 0.3) is 0 Å². The van der Waals surface area contributed by atoms with Crippen LogP contribution in [0.1, 0.15) is 43.9 Å². The molecule has 0 aliphatic rings. The highest BCUT2D eigenvalue weighted by molar-refractivity contribution is 7.99. The molecule has 3 N–H and O–H groups in total. The highest BCUT2D eigenvalue weighted by Crippen LogP contribution is 2.34. The summed E-state index contributed by atoms with van der Waals surface area (Å²) in [6, 6.07) is 7.46. The largest absolute Gasteiger partial charge is 0.462 e. The molecule has 0 bridgehead atoms. The third-order valence-corrected chi connectivity index (χ3v) is 7.26. The summed E-state index contributed by atoms with van der Waals surface area (Å²) in [4.78, 5) is 37.1. The van der Waals surface area contributed by atoms with Gasteiger partial charge in [-0.3, -0.25) is 9.59 Å². The normalized spacial score (nSPS) is 10.7. The van der Waals surface area contributed by atoms with E-state index in [1.807, 2.05) is 28.8 Å². The molecule has 0 fully saturated rings. The molecule has 0 spiro atoms. The standard InChI is InChI=1S/C23H24ClN5O4S2/c1-4-10-29-16(11-14-6-8-15(24)9-7-14)27-28-23(29)34-12-17(30)26-21-18(22(32)33-5-2)13(3)19(35-21)20(25)31/h4,6-9H,1,5,10-12H2,2-3H3,(H2,25,31)(H,26,30). The number of nitrogens with two attached hydrogens (primary N) is 1. The Morgan fingerprint density at radius 1 is 1.29 bits per heavy atom. The number of rotatable bonds is 11. The van der Waals surface area contributed by atoms with Gasteiger partial charge in [0.05, 0.1) is 22.8 Å². The number of nitrogens with zero attached hydrogens (tertiary/aromatic N) is 3. The molecule has 12 heteroatoms. The zero-order chi connectivity index (χ0) is 25.5. The molecule has 0 atom stereocenters. The number of benzene rings is 1. The van der Waals surface area contributed by atoms with Gasteiger partial charge in [0.25, 0.3) is 5.91 Å². The van der Waals surface area contributed by atoms with Gasteiger partial charge in [0, 0.05) is 18.0 Å². The van der Waals surface area contributed by atoms with Crippen molar-refractivity contribution in [2.24, 2.45) is 5.73 Å². The van der Waals surface area contributed by atoms with Crippen molar-refractivity contribution in [3.8, 4) is 0 Å². The molecule has 2 aromatic heterocycles. The molecule has 35 heavy (non-hydrogen) atoms. The fraction of sp³-hybridized carbons (Fsp3) is 0.261. The van der Waals surface area contributed by atoms with Crippen molar-refractivity contribution in [1.82, 2.24) is 14.8 Å². The minimum Gasteiger partial charge on any atom is -0.462 e. The van der Waals surface area contributed by atoms with Crippen LogP contribution < -0.4 is 11.1 Å². The molecule has 184 valence electrons. The fourth-order valence-corrected chi connectivity index (χ4v) is 5.19. The van der Waals surface area contributed by atoms with Crippen molar-refractivity contribution < 1.29 is 19.1 Å². The van der Waals surface area contributed by atoms with E-state index in [-0.39, 0.29) is 33.7 Å². The number of hydrogen-bond acceptors (Lipinski definition) is 8. The lowest BCUT2D eigenvalue weighted by Gasteiger charge is -2.09. The molecule has 0 radical (unpaired) electrons. The summed E-state index contributed by atoms with van der Waals surface area (Å²) in [5, 5.41) is 12.6. The monoisotopic (exact) mass is 533 g/mol. The number of halogens is 1. The minimum absolute atomic E-state index is 0.00133. The predicted molar refractivity (Wildman–Crippen MR) is 137 cm³/mol. The second-order valence-electron chi connectivity index (χ2n) is 7.28. The summed E-state index contributed by atoms with van der Waals surface area (Å²) in [7, 11) is 0. The Bertz CT molecular complexity index is 1250. The third kappa shape index (κ3) is 6.50. The van der Waals surface area contributed by atoms with E-state index in [4.69, 9.17) is 22.1 Å². The molecular weight excluding hydrogens is 510 g/mol. The maximum absolute atomic E-state index is 12.7. The number of carbonyl (C=O) groups is 3. The number of thioether (sulfide) groups is 1. The Morgan fingerprint density at radius 2 is 2.00 bits per heavy atom. The van der Waals surface area contributed by atoms with E-state index < -0.39 is 11.9 Å².